The lowest BCUT2D eigenvalue weighted by Crippen LogP contribution is -2.42. The van der Waals surface area contributed by atoms with Crippen LogP contribution in [0.2, 0.25) is 0 Å². The summed E-state index contributed by atoms with van der Waals surface area (Å²) in [7, 11) is 0. The van der Waals surface area contributed by atoms with Crippen molar-refractivity contribution in [1.29, 1.82) is 0 Å². The fourth-order valence-corrected chi connectivity index (χ4v) is 1.13. The number of aliphatic hydroxyl groups is 3. The number of halogens is 1. The Morgan fingerprint density at radius 3 is 2.50 bits per heavy atom. The highest BCUT2D eigenvalue weighted by molar-refractivity contribution is 9.06. The SMILES string of the molecule is O[C@H]([C@H](O)[C@@H]1CO1)[C@H](O)COBr. The topological polar surface area (TPSA) is 82.5 Å². The predicted molar refractivity (Wildman–Crippen MR) is 42.6 cm³/mol. The van der Waals surface area contributed by atoms with Crippen LogP contribution in [0.15, 0.2) is 0 Å². The van der Waals surface area contributed by atoms with E-state index in [2.05, 4.69) is 20.1 Å². The predicted octanol–water partition coefficient (Wildman–Crippen LogP) is -1.21. The van der Waals surface area contributed by atoms with Crippen molar-refractivity contribution in [3.63, 3.8) is 0 Å². The number of epoxide rings is 1. The van der Waals surface area contributed by atoms with Gasteiger partial charge in [0.2, 0.25) is 0 Å². The Bertz CT molecular complexity index is 140. The Balaban J connectivity index is 2.28. The van der Waals surface area contributed by atoms with Crippen molar-refractivity contribution in [2.24, 2.45) is 0 Å². The van der Waals surface area contributed by atoms with Gasteiger partial charge in [0.15, 0.2) is 0 Å². The molecule has 1 rings (SSSR count). The van der Waals surface area contributed by atoms with Gasteiger partial charge in [-0.25, -0.2) is 0 Å². The molecule has 0 bridgehead atoms. The molecular formula is C6H11BrO5. The Labute approximate surface area is 78.4 Å². The molecule has 0 unspecified atom stereocenters. The van der Waals surface area contributed by atoms with Gasteiger partial charge in [0.1, 0.15) is 24.4 Å². The summed E-state index contributed by atoms with van der Waals surface area (Å²) in [4.78, 5) is 0. The van der Waals surface area contributed by atoms with Gasteiger partial charge in [-0.2, -0.15) is 0 Å². The Hall–Kier alpha value is 0.280. The van der Waals surface area contributed by atoms with Gasteiger partial charge in [0, 0.05) is 0 Å². The molecule has 1 aliphatic rings. The molecule has 0 aromatic heterocycles. The molecule has 1 heterocycles. The van der Waals surface area contributed by atoms with Crippen molar-refractivity contribution in [3.05, 3.63) is 0 Å². The maximum absolute atomic E-state index is 9.25. The number of ether oxygens (including phenoxy) is 1. The van der Waals surface area contributed by atoms with E-state index in [1.54, 1.807) is 0 Å². The van der Waals surface area contributed by atoms with Crippen LogP contribution >= 0.6 is 16.3 Å². The van der Waals surface area contributed by atoms with Crippen LogP contribution in [-0.2, 0) is 8.57 Å². The Morgan fingerprint density at radius 2 is 2.08 bits per heavy atom. The quantitative estimate of drug-likeness (QED) is 0.528. The van der Waals surface area contributed by atoms with E-state index >= 15 is 0 Å². The van der Waals surface area contributed by atoms with E-state index in [4.69, 9.17) is 9.84 Å². The van der Waals surface area contributed by atoms with Crippen molar-refractivity contribution in [3.8, 4) is 0 Å². The maximum atomic E-state index is 9.25. The lowest BCUT2D eigenvalue weighted by molar-refractivity contribution is -0.0772. The number of hydrogen-bond donors (Lipinski definition) is 3. The summed E-state index contributed by atoms with van der Waals surface area (Å²) >= 11 is 2.64. The number of hydrogen-bond acceptors (Lipinski definition) is 5. The summed E-state index contributed by atoms with van der Waals surface area (Å²) < 4.78 is 9.17. The van der Waals surface area contributed by atoms with E-state index in [0.29, 0.717) is 6.61 Å². The third kappa shape index (κ3) is 2.65. The van der Waals surface area contributed by atoms with Crippen molar-refractivity contribution in [2.45, 2.75) is 24.4 Å². The summed E-state index contributed by atoms with van der Waals surface area (Å²) in [6.45, 7) is 0.352. The second-order valence-corrected chi connectivity index (χ2v) is 3.15. The van der Waals surface area contributed by atoms with Crippen LogP contribution in [0.4, 0.5) is 0 Å². The smallest absolute Gasteiger partial charge is 0.111 e. The van der Waals surface area contributed by atoms with E-state index in [1.807, 2.05) is 0 Å². The minimum absolute atomic E-state index is 0.0784. The minimum Gasteiger partial charge on any atom is -0.388 e. The lowest BCUT2D eigenvalue weighted by atomic mass is 10.1. The molecule has 72 valence electrons. The van der Waals surface area contributed by atoms with Crippen LogP contribution in [0.3, 0.4) is 0 Å². The monoisotopic (exact) mass is 242 g/mol. The molecule has 0 aliphatic carbocycles. The Kier molecular flexibility index (Phi) is 3.88. The molecule has 6 heteroatoms. The molecule has 0 radical (unpaired) electrons. The van der Waals surface area contributed by atoms with Crippen LogP contribution < -0.4 is 0 Å². The number of aliphatic hydroxyl groups excluding tert-OH is 3. The zero-order valence-electron chi connectivity index (χ0n) is 6.26. The van der Waals surface area contributed by atoms with Crippen molar-refractivity contribution in [2.75, 3.05) is 13.2 Å². The van der Waals surface area contributed by atoms with Crippen LogP contribution in [-0.4, -0.2) is 52.9 Å². The first kappa shape index (κ1) is 10.4. The van der Waals surface area contributed by atoms with Gasteiger partial charge in [-0.3, -0.25) is 0 Å². The van der Waals surface area contributed by atoms with Gasteiger partial charge >= 0.3 is 0 Å². The summed E-state index contributed by atoms with van der Waals surface area (Å²) in [5.41, 5.74) is 0. The highest BCUT2D eigenvalue weighted by Crippen LogP contribution is 2.18. The van der Waals surface area contributed by atoms with Crippen LogP contribution in [0.25, 0.3) is 0 Å². The molecule has 1 aliphatic heterocycles. The average Bonchev–Trinajstić information content (AvgIpc) is 2.84. The van der Waals surface area contributed by atoms with Gasteiger partial charge in [0.25, 0.3) is 0 Å². The summed E-state index contributed by atoms with van der Waals surface area (Å²) in [6, 6.07) is 0. The maximum Gasteiger partial charge on any atom is 0.111 e. The summed E-state index contributed by atoms with van der Waals surface area (Å²) in [6.07, 6.45) is -3.72. The van der Waals surface area contributed by atoms with E-state index < -0.39 is 18.3 Å². The molecule has 3 N–H and O–H groups in total. The molecule has 0 aromatic carbocycles. The second-order valence-electron chi connectivity index (χ2n) is 2.70. The van der Waals surface area contributed by atoms with Gasteiger partial charge in [0.05, 0.1) is 29.5 Å². The van der Waals surface area contributed by atoms with E-state index in [-0.39, 0.29) is 12.7 Å². The first-order valence-corrected chi connectivity index (χ1v) is 4.21. The minimum atomic E-state index is -1.23. The molecule has 0 aromatic rings. The highest BCUT2D eigenvalue weighted by Gasteiger charge is 2.38. The van der Waals surface area contributed by atoms with Crippen molar-refractivity contribution >= 4 is 16.3 Å². The molecule has 1 fully saturated rings. The fraction of sp³-hybridized carbons (Fsp3) is 1.00. The normalized spacial score (nSPS) is 29.5. The van der Waals surface area contributed by atoms with Crippen LogP contribution in [0.5, 0.6) is 0 Å². The molecule has 0 saturated carbocycles. The van der Waals surface area contributed by atoms with Gasteiger partial charge in [-0.15, -0.1) is 0 Å². The third-order valence-corrected chi connectivity index (χ3v) is 1.98. The fourth-order valence-electron chi connectivity index (χ4n) is 0.863. The molecule has 1 saturated heterocycles. The second kappa shape index (κ2) is 4.50. The van der Waals surface area contributed by atoms with Crippen LogP contribution in [0.1, 0.15) is 0 Å². The first-order chi connectivity index (χ1) is 5.66. The average molecular weight is 243 g/mol. The molecular weight excluding hydrogens is 232 g/mol. The molecule has 12 heavy (non-hydrogen) atoms. The van der Waals surface area contributed by atoms with E-state index in [0.717, 1.165) is 0 Å². The molecule has 0 amide bonds. The third-order valence-electron chi connectivity index (χ3n) is 1.72. The standard InChI is InChI=1S/C6H11BrO5/c7-12-1-3(8)5(9)6(10)4-2-11-4/h3-6,8-10H,1-2H2/t3-,4+,5+,6-/m1/s1. The number of rotatable bonds is 5. The largest absolute Gasteiger partial charge is 0.388 e. The lowest BCUT2D eigenvalue weighted by Gasteiger charge is -2.20. The van der Waals surface area contributed by atoms with Crippen molar-refractivity contribution < 1.29 is 23.9 Å². The molecule has 5 nitrogen and oxygen atoms in total. The molecule has 4 atom stereocenters. The van der Waals surface area contributed by atoms with Crippen molar-refractivity contribution in [1.82, 2.24) is 0 Å². The zero-order valence-corrected chi connectivity index (χ0v) is 7.85. The van der Waals surface area contributed by atoms with Gasteiger partial charge < -0.3 is 23.9 Å². The summed E-state index contributed by atoms with van der Waals surface area (Å²) in [5, 5.41) is 27.6. The molecule has 0 spiro atoms. The van der Waals surface area contributed by atoms with E-state index in [1.165, 1.54) is 0 Å². The van der Waals surface area contributed by atoms with E-state index in [9.17, 15) is 10.2 Å². The highest BCUT2D eigenvalue weighted by atomic mass is 79.9. The van der Waals surface area contributed by atoms with Crippen LogP contribution in [0, 0.1) is 0 Å². The summed E-state index contributed by atoms with van der Waals surface area (Å²) in [5.74, 6) is 0. The zero-order chi connectivity index (χ0) is 9.14. The first-order valence-electron chi connectivity index (χ1n) is 3.56. The van der Waals surface area contributed by atoms with Gasteiger partial charge in [-0.05, 0) is 0 Å². The Morgan fingerprint density at radius 1 is 1.50 bits per heavy atom. The van der Waals surface area contributed by atoms with Gasteiger partial charge in [-0.1, -0.05) is 0 Å².